The summed E-state index contributed by atoms with van der Waals surface area (Å²) in [6.07, 6.45) is 1.48. The monoisotopic (exact) mass is 307 g/mol. The Morgan fingerprint density at radius 3 is 2.59 bits per heavy atom. The molecule has 5 heteroatoms. The minimum atomic E-state index is -0.163. The first kappa shape index (κ1) is 16.7. The van der Waals surface area contributed by atoms with Gasteiger partial charge in [-0.25, -0.2) is 4.39 Å². The Morgan fingerprint density at radius 1 is 1.27 bits per heavy atom. The van der Waals surface area contributed by atoms with Crippen LogP contribution >= 0.6 is 0 Å². The molecule has 0 saturated carbocycles. The smallest absolute Gasteiger partial charge is 0.221 e. The lowest BCUT2D eigenvalue weighted by Gasteiger charge is -2.36. The number of benzene rings is 1. The minimum Gasteiger partial charge on any atom is -0.367 e. The van der Waals surface area contributed by atoms with Crippen LogP contribution in [0.3, 0.4) is 0 Å². The molecule has 0 aromatic heterocycles. The summed E-state index contributed by atoms with van der Waals surface area (Å²) < 4.78 is 13.8. The van der Waals surface area contributed by atoms with Crippen LogP contribution in [0.1, 0.15) is 26.7 Å². The zero-order valence-corrected chi connectivity index (χ0v) is 13.5. The number of anilines is 1. The second-order valence-corrected chi connectivity index (χ2v) is 5.91. The number of nitrogens with zero attached hydrogens (tertiary/aromatic N) is 2. The number of para-hydroxylation sites is 1. The molecule has 1 saturated heterocycles. The maximum atomic E-state index is 13.8. The molecule has 1 fully saturated rings. The molecule has 1 atom stereocenters. The first-order chi connectivity index (χ1) is 10.6. The van der Waals surface area contributed by atoms with E-state index < -0.39 is 0 Å². The molecule has 0 aliphatic carbocycles. The van der Waals surface area contributed by atoms with E-state index in [2.05, 4.69) is 22.0 Å². The van der Waals surface area contributed by atoms with E-state index in [1.165, 1.54) is 6.07 Å². The number of amides is 1. The SMILES string of the molecule is CCC(C)NC(=O)CCN1CCN(c2ccccc2F)CC1. The number of nitrogens with one attached hydrogen (secondary N) is 1. The largest absolute Gasteiger partial charge is 0.367 e. The molecule has 0 spiro atoms. The molecule has 22 heavy (non-hydrogen) atoms. The Kier molecular flexibility index (Phi) is 6.19. The van der Waals surface area contributed by atoms with Gasteiger partial charge in [-0.15, -0.1) is 0 Å². The van der Waals surface area contributed by atoms with Crippen LogP contribution in [0.25, 0.3) is 0 Å². The number of carbonyl (C=O) groups is 1. The molecule has 1 N–H and O–H groups in total. The standard InChI is InChI=1S/C17H26FN3O/c1-3-14(2)19-17(22)8-9-20-10-12-21(13-11-20)16-7-5-4-6-15(16)18/h4-7,14H,3,8-13H2,1-2H3,(H,19,22). The Balaban J connectivity index is 1.74. The summed E-state index contributed by atoms with van der Waals surface area (Å²) in [4.78, 5) is 16.1. The van der Waals surface area contributed by atoms with Gasteiger partial charge in [0.25, 0.3) is 0 Å². The number of piperazine rings is 1. The van der Waals surface area contributed by atoms with Gasteiger partial charge in [-0.2, -0.15) is 0 Å². The highest BCUT2D eigenvalue weighted by molar-refractivity contribution is 5.76. The van der Waals surface area contributed by atoms with E-state index in [0.29, 0.717) is 12.1 Å². The molecule has 1 aliphatic heterocycles. The Labute approximate surface area is 132 Å². The Bertz CT molecular complexity index is 487. The highest BCUT2D eigenvalue weighted by Gasteiger charge is 2.19. The third-order valence-corrected chi connectivity index (χ3v) is 4.24. The average molecular weight is 307 g/mol. The first-order valence-electron chi connectivity index (χ1n) is 8.11. The molecule has 0 radical (unpaired) electrons. The van der Waals surface area contributed by atoms with Crippen molar-refractivity contribution in [2.75, 3.05) is 37.6 Å². The van der Waals surface area contributed by atoms with Gasteiger partial charge in [0.1, 0.15) is 5.82 Å². The number of carbonyl (C=O) groups excluding carboxylic acids is 1. The summed E-state index contributed by atoms with van der Waals surface area (Å²) in [5, 5.41) is 2.99. The molecule has 2 rings (SSSR count). The first-order valence-corrected chi connectivity index (χ1v) is 8.11. The number of hydrogen-bond acceptors (Lipinski definition) is 3. The molecule has 0 bridgehead atoms. The van der Waals surface area contributed by atoms with Gasteiger partial charge in [0.15, 0.2) is 0 Å². The van der Waals surface area contributed by atoms with Crippen molar-refractivity contribution < 1.29 is 9.18 Å². The van der Waals surface area contributed by atoms with Gasteiger partial charge in [0.05, 0.1) is 5.69 Å². The number of hydrogen-bond donors (Lipinski definition) is 1. The molecule has 1 aliphatic rings. The van der Waals surface area contributed by atoms with Gasteiger partial charge in [-0.05, 0) is 25.5 Å². The van der Waals surface area contributed by atoms with Gasteiger partial charge in [0, 0.05) is 45.2 Å². The van der Waals surface area contributed by atoms with Crippen molar-refractivity contribution in [3.8, 4) is 0 Å². The molecule has 4 nitrogen and oxygen atoms in total. The van der Waals surface area contributed by atoms with Crippen molar-refractivity contribution in [2.45, 2.75) is 32.7 Å². The third-order valence-electron chi connectivity index (χ3n) is 4.24. The summed E-state index contributed by atoms with van der Waals surface area (Å²) in [5.74, 6) is -0.0465. The fourth-order valence-electron chi connectivity index (χ4n) is 2.63. The van der Waals surface area contributed by atoms with E-state index in [-0.39, 0.29) is 17.8 Å². The lowest BCUT2D eigenvalue weighted by Crippen LogP contribution is -2.47. The van der Waals surface area contributed by atoms with Gasteiger partial charge in [-0.1, -0.05) is 19.1 Å². The highest BCUT2D eigenvalue weighted by atomic mass is 19.1. The maximum Gasteiger partial charge on any atom is 0.221 e. The molecule has 1 amide bonds. The number of rotatable bonds is 6. The van der Waals surface area contributed by atoms with E-state index in [4.69, 9.17) is 0 Å². The van der Waals surface area contributed by atoms with E-state index in [1.54, 1.807) is 6.07 Å². The third kappa shape index (κ3) is 4.70. The molecular weight excluding hydrogens is 281 g/mol. The number of halogens is 1. The van der Waals surface area contributed by atoms with Gasteiger partial charge >= 0.3 is 0 Å². The van der Waals surface area contributed by atoms with E-state index in [1.807, 2.05) is 19.1 Å². The molecule has 1 aromatic rings. The van der Waals surface area contributed by atoms with Crippen LogP contribution in [0.15, 0.2) is 24.3 Å². The highest BCUT2D eigenvalue weighted by Crippen LogP contribution is 2.20. The lowest BCUT2D eigenvalue weighted by atomic mass is 10.2. The normalized spacial score (nSPS) is 17.3. The quantitative estimate of drug-likeness (QED) is 0.875. The summed E-state index contributed by atoms with van der Waals surface area (Å²) >= 11 is 0. The van der Waals surface area contributed by atoms with Gasteiger partial charge in [-0.3, -0.25) is 9.69 Å². The predicted octanol–water partition coefficient (Wildman–Crippen LogP) is 2.25. The van der Waals surface area contributed by atoms with E-state index in [9.17, 15) is 9.18 Å². The van der Waals surface area contributed by atoms with E-state index >= 15 is 0 Å². The van der Waals surface area contributed by atoms with Crippen molar-refractivity contribution >= 4 is 11.6 Å². The fraction of sp³-hybridized carbons (Fsp3) is 0.588. The molecule has 1 heterocycles. The second-order valence-electron chi connectivity index (χ2n) is 5.91. The van der Waals surface area contributed by atoms with Gasteiger partial charge in [0.2, 0.25) is 5.91 Å². The minimum absolute atomic E-state index is 0.117. The summed E-state index contributed by atoms with van der Waals surface area (Å²) in [6, 6.07) is 7.14. The molecule has 1 aromatic carbocycles. The van der Waals surface area contributed by atoms with Gasteiger partial charge < -0.3 is 10.2 Å². The zero-order chi connectivity index (χ0) is 15.9. The average Bonchev–Trinajstić information content (AvgIpc) is 2.54. The van der Waals surface area contributed by atoms with Crippen LogP contribution in [0.5, 0.6) is 0 Å². The fourth-order valence-corrected chi connectivity index (χ4v) is 2.63. The van der Waals surface area contributed by atoms with E-state index in [0.717, 1.165) is 39.1 Å². The Hall–Kier alpha value is -1.62. The lowest BCUT2D eigenvalue weighted by molar-refractivity contribution is -0.122. The van der Waals surface area contributed by atoms with Crippen LogP contribution in [-0.2, 0) is 4.79 Å². The van der Waals surface area contributed by atoms with Crippen LogP contribution in [0, 0.1) is 5.82 Å². The van der Waals surface area contributed by atoms with Crippen molar-refractivity contribution in [2.24, 2.45) is 0 Å². The Morgan fingerprint density at radius 2 is 1.95 bits per heavy atom. The summed E-state index contributed by atoms with van der Waals surface area (Å²) in [7, 11) is 0. The van der Waals surface area contributed by atoms with Crippen LogP contribution in [0.2, 0.25) is 0 Å². The van der Waals surface area contributed by atoms with Crippen LogP contribution < -0.4 is 10.2 Å². The van der Waals surface area contributed by atoms with Crippen molar-refractivity contribution in [3.63, 3.8) is 0 Å². The van der Waals surface area contributed by atoms with Crippen molar-refractivity contribution in [1.29, 1.82) is 0 Å². The van der Waals surface area contributed by atoms with Crippen molar-refractivity contribution in [1.82, 2.24) is 10.2 Å². The summed E-state index contributed by atoms with van der Waals surface area (Å²) in [6.45, 7) is 8.18. The molecule has 1 unspecified atom stereocenters. The zero-order valence-electron chi connectivity index (χ0n) is 13.5. The molecular formula is C17H26FN3O. The topological polar surface area (TPSA) is 35.6 Å². The van der Waals surface area contributed by atoms with Crippen LogP contribution in [0.4, 0.5) is 10.1 Å². The molecule has 122 valence electrons. The van der Waals surface area contributed by atoms with Crippen molar-refractivity contribution in [3.05, 3.63) is 30.1 Å². The maximum absolute atomic E-state index is 13.8. The van der Waals surface area contributed by atoms with Crippen LogP contribution in [-0.4, -0.2) is 49.6 Å². The second kappa shape index (κ2) is 8.13. The predicted molar refractivity (Wildman–Crippen MR) is 87.6 cm³/mol. The summed E-state index contributed by atoms with van der Waals surface area (Å²) in [5.41, 5.74) is 0.677.